The SMILES string of the molecule is COc1nccnc1C(F)(F)C(=O)O. The Bertz CT molecular complexity index is 357. The molecule has 0 unspecified atom stereocenters. The lowest BCUT2D eigenvalue weighted by Crippen LogP contribution is -2.27. The largest absolute Gasteiger partial charge is 0.480 e. The third-order valence-corrected chi connectivity index (χ3v) is 1.42. The van der Waals surface area contributed by atoms with Gasteiger partial charge in [-0.3, -0.25) is 0 Å². The summed E-state index contributed by atoms with van der Waals surface area (Å²) >= 11 is 0. The molecule has 0 aliphatic carbocycles. The van der Waals surface area contributed by atoms with E-state index in [9.17, 15) is 13.6 Å². The number of carboxylic acid groups (broad SMARTS) is 1. The fourth-order valence-corrected chi connectivity index (χ4v) is 0.791. The fourth-order valence-electron chi connectivity index (χ4n) is 0.791. The van der Waals surface area contributed by atoms with Gasteiger partial charge < -0.3 is 9.84 Å². The van der Waals surface area contributed by atoms with E-state index in [1.165, 1.54) is 0 Å². The van der Waals surface area contributed by atoms with Crippen molar-refractivity contribution >= 4 is 5.97 Å². The maximum Gasteiger partial charge on any atom is 0.389 e. The summed E-state index contributed by atoms with van der Waals surface area (Å²) in [6.45, 7) is 0. The van der Waals surface area contributed by atoms with E-state index in [2.05, 4.69) is 14.7 Å². The van der Waals surface area contributed by atoms with Crippen LogP contribution < -0.4 is 4.74 Å². The molecule has 1 aromatic rings. The Balaban J connectivity index is 3.24. The molecule has 0 radical (unpaired) electrons. The molecule has 0 bridgehead atoms. The smallest absolute Gasteiger partial charge is 0.389 e. The number of carboxylic acids is 1. The molecule has 14 heavy (non-hydrogen) atoms. The molecule has 0 aliphatic rings. The zero-order valence-corrected chi connectivity index (χ0v) is 7.07. The van der Waals surface area contributed by atoms with E-state index in [1.807, 2.05) is 0 Å². The van der Waals surface area contributed by atoms with Crippen molar-refractivity contribution in [1.29, 1.82) is 0 Å². The lowest BCUT2D eigenvalue weighted by molar-refractivity contribution is -0.167. The number of nitrogens with zero attached hydrogens (tertiary/aromatic N) is 2. The van der Waals surface area contributed by atoms with Gasteiger partial charge in [0.1, 0.15) is 0 Å². The summed E-state index contributed by atoms with van der Waals surface area (Å²) in [6, 6.07) is 0. The summed E-state index contributed by atoms with van der Waals surface area (Å²) < 4.78 is 30.4. The van der Waals surface area contributed by atoms with Gasteiger partial charge >= 0.3 is 11.9 Å². The van der Waals surface area contributed by atoms with Gasteiger partial charge in [0.25, 0.3) is 0 Å². The van der Waals surface area contributed by atoms with Crippen LogP contribution in [0.5, 0.6) is 5.88 Å². The van der Waals surface area contributed by atoms with Crippen molar-refractivity contribution in [2.45, 2.75) is 5.92 Å². The molecule has 0 saturated heterocycles. The summed E-state index contributed by atoms with van der Waals surface area (Å²) in [6.07, 6.45) is 2.09. The van der Waals surface area contributed by atoms with Gasteiger partial charge in [-0.1, -0.05) is 0 Å². The van der Waals surface area contributed by atoms with Crippen LogP contribution in [0.2, 0.25) is 0 Å². The summed E-state index contributed by atoms with van der Waals surface area (Å²) in [4.78, 5) is 16.9. The molecule has 0 spiro atoms. The fraction of sp³-hybridized carbons (Fsp3) is 0.286. The lowest BCUT2D eigenvalue weighted by Gasteiger charge is -2.11. The van der Waals surface area contributed by atoms with Gasteiger partial charge in [-0.05, 0) is 0 Å². The summed E-state index contributed by atoms with van der Waals surface area (Å²) in [5.74, 6) is -6.89. The Labute approximate surface area is 77.4 Å². The molecule has 1 heterocycles. The van der Waals surface area contributed by atoms with Crippen LogP contribution >= 0.6 is 0 Å². The zero-order valence-electron chi connectivity index (χ0n) is 7.07. The van der Waals surface area contributed by atoms with Crippen LogP contribution in [0.25, 0.3) is 0 Å². The highest BCUT2D eigenvalue weighted by Crippen LogP contribution is 2.31. The molecular weight excluding hydrogens is 198 g/mol. The maximum absolute atomic E-state index is 12.9. The molecule has 76 valence electrons. The Morgan fingerprint density at radius 1 is 1.50 bits per heavy atom. The molecule has 0 amide bonds. The van der Waals surface area contributed by atoms with Gasteiger partial charge in [-0.2, -0.15) is 8.78 Å². The van der Waals surface area contributed by atoms with E-state index < -0.39 is 23.5 Å². The first-order chi connectivity index (χ1) is 6.50. The van der Waals surface area contributed by atoms with Gasteiger partial charge in [0.2, 0.25) is 5.88 Å². The van der Waals surface area contributed by atoms with Crippen molar-refractivity contribution in [3.8, 4) is 5.88 Å². The first-order valence-corrected chi connectivity index (χ1v) is 3.47. The number of methoxy groups -OCH3 is 1. The standard InChI is InChI=1S/C7H6F2N2O3/c1-14-5-4(10-2-3-11-5)7(8,9)6(12)13/h2-3H,1H3,(H,12,13). The molecule has 5 nitrogen and oxygen atoms in total. The molecular formula is C7H6F2N2O3. The minimum absolute atomic E-state index is 0.500. The average molecular weight is 204 g/mol. The van der Waals surface area contributed by atoms with E-state index in [0.717, 1.165) is 19.5 Å². The van der Waals surface area contributed by atoms with Crippen LogP contribution in [-0.2, 0) is 10.7 Å². The van der Waals surface area contributed by atoms with E-state index in [0.29, 0.717) is 0 Å². The second-order valence-corrected chi connectivity index (χ2v) is 2.29. The summed E-state index contributed by atoms with van der Waals surface area (Å²) in [5, 5.41) is 8.24. The first kappa shape index (κ1) is 10.3. The van der Waals surface area contributed by atoms with Crippen LogP contribution in [0.3, 0.4) is 0 Å². The average Bonchev–Trinajstić information content (AvgIpc) is 2.17. The second-order valence-electron chi connectivity index (χ2n) is 2.29. The number of rotatable bonds is 3. The zero-order chi connectivity index (χ0) is 10.8. The number of hydrogen-bond donors (Lipinski definition) is 1. The van der Waals surface area contributed by atoms with Crippen molar-refractivity contribution in [3.05, 3.63) is 18.1 Å². The predicted molar refractivity (Wildman–Crippen MR) is 40.1 cm³/mol. The van der Waals surface area contributed by atoms with Crippen LogP contribution in [0.1, 0.15) is 5.69 Å². The van der Waals surface area contributed by atoms with Gasteiger partial charge in [-0.15, -0.1) is 0 Å². The van der Waals surface area contributed by atoms with Crippen molar-refractivity contribution in [3.63, 3.8) is 0 Å². The molecule has 1 N–H and O–H groups in total. The number of halogens is 2. The number of ether oxygens (including phenoxy) is 1. The Hall–Kier alpha value is -1.79. The second kappa shape index (κ2) is 3.52. The van der Waals surface area contributed by atoms with Gasteiger partial charge in [-0.25, -0.2) is 14.8 Å². The molecule has 0 aliphatic heterocycles. The maximum atomic E-state index is 12.9. The van der Waals surface area contributed by atoms with Crippen LogP contribution in [0, 0.1) is 0 Å². The van der Waals surface area contributed by atoms with Crippen molar-refractivity contribution < 1.29 is 23.4 Å². The van der Waals surface area contributed by atoms with Gasteiger partial charge in [0.05, 0.1) is 7.11 Å². The van der Waals surface area contributed by atoms with Crippen molar-refractivity contribution in [2.24, 2.45) is 0 Å². The van der Waals surface area contributed by atoms with Crippen LogP contribution in [0.4, 0.5) is 8.78 Å². The molecule has 0 saturated carbocycles. The number of hydrogen-bond acceptors (Lipinski definition) is 4. The molecule has 0 aromatic carbocycles. The van der Waals surface area contributed by atoms with Gasteiger partial charge in [0.15, 0.2) is 5.69 Å². The highest BCUT2D eigenvalue weighted by molar-refractivity contribution is 5.77. The quantitative estimate of drug-likeness (QED) is 0.782. The Morgan fingerprint density at radius 2 is 2.07 bits per heavy atom. The number of aromatic nitrogens is 2. The number of carbonyl (C=O) groups is 1. The van der Waals surface area contributed by atoms with E-state index in [4.69, 9.17) is 5.11 Å². The Morgan fingerprint density at radius 3 is 2.57 bits per heavy atom. The summed E-state index contributed by atoms with van der Waals surface area (Å²) in [5.41, 5.74) is -1.00. The first-order valence-electron chi connectivity index (χ1n) is 3.47. The number of alkyl halides is 2. The van der Waals surface area contributed by atoms with E-state index in [-0.39, 0.29) is 0 Å². The lowest BCUT2D eigenvalue weighted by atomic mass is 10.2. The number of aliphatic carboxylic acids is 1. The predicted octanol–water partition coefficient (Wildman–Crippen LogP) is 0.662. The van der Waals surface area contributed by atoms with Crippen LogP contribution in [-0.4, -0.2) is 28.2 Å². The van der Waals surface area contributed by atoms with Crippen molar-refractivity contribution in [1.82, 2.24) is 9.97 Å². The molecule has 7 heteroatoms. The van der Waals surface area contributed by atoms with E-state index in [1.54, 1.807) is 0 Å². The van der Waals surface area contributed by atoms with Crippen molar-refractivity contribution in [2.75, 3.05) is 7.11 Å². The topological polar surface area (TPSA) is 72.3 Å². The van der Waals surface area contributed by atoms with Gasteiger partial charge in [0, 0.05) is 12.4 Å². The van der Waals surface area contributed by atoms with E-state index >= 15 is 0 Å². The molecule has 0 fully saturated rings. The molecule has 1 aromatic heterocycles. The minimum atomic E-state index is -4.10. The third-order valence-electron chi connectivity index (χ3n) is 1.42. The summed E-state index contributed by atoms with van der Waals surface area (Å²) in [7, 11) is 1.10. The normalized spacial score (nSPS) is 11.1. The van der Waals surface area contributed by atoms with Crippen LogP contribution in [0.15, 0.2) is 12.4 Å². The Kier molecular flexibility index (Phi) is 2.59. The highest BCUT2D eigenvalue weighted by atomic mass is 19.3. The molecule has 0 atom stereocenters. The highest BCUT2D eigenvalue weighted by Gasteiger charge is 2.45. The third kappa shape index (κ3) is 1.61. The molecule has 1 rings (SSSR count). The minimum Gasteiger partial charge on any atom is -0.480 e. The monoisotopic (exact) mass is 204 g/mol.